The number of nitrogens with zero attached hydrogens (tertiary/aromatic N) is 1. The molecule has 1 aromatic rings. The van der Waals surface area contributed by atoms with Gasteiger partial charge in [0.15, 0.2) is 0 Å². The van der Waals surface area contributed by atoms with Crippen LogP contribution in [0, 0.1) is 11.8 Å². The fourth-order valence-electron chi connectivity index (χ4n) is 2.47. The summed E-state index contributed by atoms with van der Waals surface area (Å²) in [6, 6.07) is 2.05. The molecule has 1 atom stereocenters. The van der Waals surface area contributed by atoms with Crippen molar-refractivity contribution >= 4 is 11.3 Å². The zero-order chi connectivity index (χ0) is 14.4. The Morgan fingerprint density at radius 1 is 1.40 bits per heavy atom. The molecule has 20 heavy (non-hydrogen) atoms. The standard InChI is InChI=1S/C16H23NO2S/c1-16(19)7-4-9-17(10-8-16)13-15-14(6-12-20-15)5-2-3-11-18/h6,12,18-19H,3-4,7-11,13H2,1H3. The van der Waals surface area contributed by atoms with Crippen molar-refractivity contribution in [2.45, 2.75) is 44.8 Å². The average molecular weight is 293 g/mol. The minimum Gasteiger partial charge on any atom is -0.395 e. The van der Waals surface area contributed by atoms with Crippen LogP contribution >= 0.6 is 11.3 Å². The fraction of sp³-hybridized carbons (Fsp3) is 0.625. The minimum absolute atomic E-state index is 0.119. The summed E-state index contributed by atoms with van der Waals surface area (Å²) in [6.45, 7) is 4.95. The van der Waals surface area contributed by atoms with Crippen LogP contribution in [0.2, 0.25) is 0 Å². The van der Waals surface area contributed by atoms with Gasteiger partial charge < -0.3 is 10.2 Å². The molecule has 110 valence electrons. The topological polar surface area (TPSA) is 43.7 Å². The molecule has 0 aromatic carbocycles. The summed E-state index contributed by atoms with van der Waals surface area (Å²) < 4.78 is 0. The molecular formula is C16H23NO2S. The van der Waals surface area contributed by atoms with Crippen molar-refractivity contribution < 1.29 is 10.2 Å². The van der Waals surface area contributed by atoms with Gasteiger partial charge in [-0.1, -0.05) is 11.8 Å². The number of likely N-dealkylation sites (tertiary alicyclic amines) is 1. The van der Waals surface area contributed by atoms with Gasteiger partial charge >= 0.3 is 0 Å². The van der Waals surface area contributed by atoms with Crippen molar-refractivity contribution in [3.05, 3.63) is 21.9 Å². The van der Waals surface area contributed by atoms with Crippen LogP contribution < -0.4 is 0 Å². The quantitative estimate of drug-likeness (QED) is 0.840. The van der Waals surface area contributed by atoms with E-state index in [4.69, 9.17) is 5.11 Å². The molecule has 0 amide bonds. The molecule has 2 N–H and O–H groups in total. The Labute approximate surface area is 125 Å². The van der Waals surface area contributed by atoms with Gasteiger partial charge in [0.2, 0.25) is 0 Å². The molecule has 0 spiro atoms. The molecule has 1 aliphatic rings. The van der Waals surface area contributed by atoms with E-state index in [-0.39, 0.29) is 6.61 Å². The zero-order valence-corrected chi connectivity index (χ0v) is 12.9. The number of thiophene rings is 1. The molecule has 0 radical (unpaired) electrons. The molecule has 0 aliphatic carbocycles. The van der Waals surface area contributed by atoms with Gasteiger partial charge in [-0.05, 0) is 44.2 Å². The van der Waals surface area contributed by atoms with E-state index in [1.54, 1.807) is 11.3 Å². The summed E-state index contributed by atoms with van der Waals surface area (Å²) >= 11 is 1.74. The van der Waals surface area contributed by atoms with Crippen molar-refractivity contribution in [2.24, 2.45) is 0 Å². The van der Waals surface area contributed by atoms with Gasteiger partial charge in [-0.25, -0.2) is 0 Å². The van der Waals surface area contributed by atoms with Crippen LogP contribution in [0.4, 0.5) is 0 Å². The van der Waals surface area contributed by atoms with Gasteiger partial charge in [-0.2, -0.15) is 0 Å². The summed E-state index contributed by atoms with van der Waals surface area (Å²) in [5, 5.41) is 21.0. The third-order valence-corrected chi connectivity index (χ3v) is 4.63. The van der Waals surface area contributed by atoms with E-state index in [0.29, 0.717) is 6.42 Å². The Bertz CT molecular complexity index is 484. The SMILES string of the molecule is CC1(O)CCCN(Cc2sccc2C#CCCO)CC1. The molecule has 1 saturated heterocycles. The van der Waals surface area contributed by atoms with Gasteiger partial charge in [0, 0.05) is 30.0 Å². The molecule has 3 nitrogen and oxygen atoms in total. The van der Waals surface area contributed by atoms with Crippen LogP contribution in [0.15, 0.2) is 11.4 Å². The molecule has 2 heterocycles. The van der Waals surface area contributed by atoms with Crippen LogP contribution in [-0.2, 0) is 6.54 Å². The Morgan fingerprint density at radius 3 is 3.05 bits per heavy atom. The Balaban J connectivity index is 1.97. The summed E-state index contributed by atoms with van der Waals surface area (Å²) in [4.78, 5) is 3.70. The number of hydrogen-bond donors (Lipinski definition) is 2. The minimum atomic E-state index is -0.506. The normalized spacial score (nSPS) is 23.9. The van der Waals surface area contributed by atoms with Gasteiger partial charge in [-0.3, -0.25) is 4.90 Å². The highest BCUT2D eigenvalue weighted by Gasteiger charge is 2.25. The van der Waals surface area contributed by atoms with Crippen LogP contribution in [0.25, 0.3) is 0 Å². The third kappa shape index (κ3) is 4.60. The molecule has 2 rings (SSSR count). The van der Waals surface area contributed by atoms with Crippen molar-refractivity contribution in [1.29, 1.82) is 0 Å². The summed E-state index contributed by atoms with van der Waals surface area (Å²) in [5.41, 5.74) is 0.577. The van der Waals surface area contributed by atoms with Gasteiger partial charge in [0.05, 0.1) is 12.2 Å². The molecule has 1 unspecified atom stereocenters. The molecule has 1 fully saturated rings. The summed E-state index contributed by atoms with van der Waals surface area (Å²) in [5.74, 6) is 6.13. The maximum absolute atomic E-state index is 10.1. The van der Waals surface area contributed by atoms with E-state index < -0.39 is 5.60 Å². The van der Waals surface area contributed by atoms with Crippen molar-refractivity contribution in [2.75, 3.05) is 19.7 Å². The maximum Gasteiger partial charge on any atom is 0.0632 e. The summed E-state index contributed by atoms with van der Waals surface area (Å²) in [7, 11) is 0. The fourth-order valence-corrected chi connectivity index (χ4v) is 3.34. The first-order valence-electron chi connectivity index (χ1n) is 7.21. The van der Waals surface area contributed by atoms with E-state index in [1.807, 2.05) is 6.92 Å². The first-order chi connectivity index (χ1) is 9.61. The Hall–Kier alpha value is -0.860. The largest absolute Gasteiger partial charge is 0.395 e. The second kappa shape index (κ2) is 7.24. The lowest BCUT2D eigenvalue weighted by atomic mass is 9.98. The third-order valence-electron chi connectivity index (χ3n) is 3.73. The second-order valence-electron chi connectivity index (χ2n) is 5.66. The van der Waals surface area contributed by atoms with Crippen LogP contribution in [0.3, 0.4) is 0 Å². The van der Waals surface area contributed by atoms with Crippen LogP contribution in [-0.4, -0.2) is 40.4 Å². The van der Waals surface area contributed by atoms with Gasteiger partial charge in [0.1, 0.15) is 0 Å². The first kappa shape index (κ1) is 15.5. The van der Waals surface area contributed by atoms with Gasteiger partial charge in [0.25, 0.3) is 0 Å². The van der Waals surface area contributed by atoms with E-state index in [2.05, 4.69) is 28.2 Å². The molecule has 1 aromatic heterocycles. The number of hydrogen-bond acceptors (Lipinski definition) is 4. The zero-order valence-electron chi connectivity index (χ0n) is 12.1. The number of aliphatic hydroxyl groups is 2. The average Bonchev–Trinajstić information content (AvgIpc) is 2.75. The van der Waals surface area contributed by atoms with Crippen molar-refractivity contribution in [3.63, 3.8) is 0 Å². The molecule has 0 bridgehead atoms. The number of aliphatic hydroxyl groups excluding tert-OH is 1. The first-order valence-corrected chi connectivity index (χ1v) is 8.09. The maximum atomic E-state index is 10.1. The highest BCUT2D eigenvalue weighted by Crippen LogP contribution is 2.24. The monoisotopic (exact) mass is 293 g/mol. The molecule has 1 aliphatic heterocycles. The highest BCUT2D eigenvalue weighted by atomic mass is 32.1. The lowest BCUT2D eigenvalue weighted by Crippen LogP contribution is -2.28. The molecule has 4 heteroatoms. The van der Waals surface area contributed by atoms with Crippen molar-refractivity contribution in [3.8, 4) is 11.8 Å². The van der Waals surface area contributed by atoms with Crippen molar-refractivity contribution in [1.82, 2.24) is 4.90 Å². The van der Waals surface area contributed by atoms with E-state index in [1.165, 1.54) is 4.88 Å². The lowest BCUT2D eigenvalue weighted by molar-refractivity contribution is 0.0444. The Morgan fingerprint density at radius 2 is 2.25 bits per heavy atom. The van der Waals surface area contributed by atoms with Crippen LogP contribution in [0.5, 0.6) is 0 Å². The second-order valence-corrected chi connectivity index (χ2v) is 6.66. The van der Waals surface area contributed by atoms with Gasteiger partial charge in [-0.15, -0.1) is 11.3 Å². The van der Waals surface area contributed by atoms with E-state index >= 15 is 0 Å². The van der Waals surface area contributed by atoms with Crippen LogP contribution in [0.1, 0.15) is 43.0 Å². The van der Waals surface area contributed by atoms with E-state index in [9.17, 15) is 5.11 Å². The predicted molar refractivity (Wildman–Crippen MR) is 82.7 cm³/mol. The number of rotatable bonds is 3. The Kier molecular flexibility index (Phi) is 5.62. The predicted octanol–water partition coefficient (Wildman–Crippen LogP) is 2.22. The molecular weight excluding hydrogens is 270 g/mol. The lowest BCUT2D eigenvalue weighted by Gasteiger charge is -2.22. The summed E-state index contributed by atoms with van der Waals surface area (Å²) in [6.07, 6.45) is 3.30. The van der Waals surface area contributed by atoms with E-state index in [0.717, 1.165) is 44.5 Å². The highest BCUT2D eigenvalue weighted by molar-refractivity contribution is 7.10. The smallest absolute Gasteiger partial charge is 0.0632 e. The molecule has 0 saturated carbocycles.